The van der Waals surface area contributed by atoms with E-state index in [1.54, 1.807) is 13.0 Å². The van der Waals surface area contributed by atoms with E-state index in [4.69, 9.17) is 10.4 Å². The molecule has 4 nitrogen and oxygen atoms in total. The summed E-state index contributed by atoms with van der Waals surface area (Å²) in [4.78, 5) is 13.0. The van der Waals surface area contributed by atoms with Crippen LogP contribution in [-0.4, -0.2) is 28.6 Å². The predicted molar refractivity (Wildman–Crippen MR) is 73.5 cm³/mol. The topological polar surface area (TPSA) is 64.3 Å². The Kier molecular flexibility index (Phi) is 5.53. The zero-order chi connectivity index (χ0) is 14.4. The number of nitriles is 1. The van der Waals surface area contributed by atoms with Gasteiger partial charge in [-0.25, -0.2) is 0 Å². The summed E-state index contributed by atoms with van der Waals surface area (Å²) >= 11 is 0. The van der Waals surface area contributed by atoms with Crippen molar-refractivity contribution in [2.24, 2.45) is 5.92 Å². The van der Waals surface area contributed by atoms with Gasteiger partial charge < -0.3 is 5.11 Å². The van der Waals surface area contributed by atoms with Crippen LogP contribution in [0.2, 0.25) is 0 Å². The molecule has 19 heavy (non-hydrogen) atoms. The summed E-state index contributed by atoms with van der Waals surface area (Å²) in [6.07, 6.45) is 0. The number of benzene rings is 1. The number of rotatable bonds is 6. The predicted octanol–water partition coefficient (Wildman–Crippen LogP) is 2.49. The van der Waals surface area contributed by atoms with Crippen LogP contribution in [0.4, 0.5) is 0 Å². The van der Waals surface area contributed by atoms with Gasteiger partial charge in [-0.2, -0.15) is 5.26 Å². The van der Waals surface area contributed by atoms with Crippen molar-refractivity contribution in [1.82, 2.24) is 4.90 Å². The van der Waals surface area contributed by atoms with E-state index in [1.165, 1.54) is 0 Å². The lowest BCUT2D eigenvalue weighted by atomic mass is 10.1. The molecule has 1 rings (SSSR count). The van der Waals surface area contributed by atoms with Crippen LogP contribution in [-0.2, 0) is 11.3 Å². The van der Waals surface area contributed by atoms with E-state index >= 15 is 0 Å². The maximum atomic E-state index is 10.9. The van der Waals surface area contributed by atoms with Gasteiger partial charge in [0.05, 0.1) is 17.6 Å². The van der Waals surface area contributed by atoms with Crippen LogP contribution in [0.3, 0.4) is 0 Å². The van der Waals surface area contributed by atoms with Crippen LogP contribution in [0.1, 0.15) is 31.9 Å². The van der Waals surface area contributed by atoms with Gasteiger partial charge in [0.25, 0.3) is 0 Å². The normalized spacial score (nSPS) is 12.4. The second-order valence-electron chi connectivity index (χ2n) is 5.07. The monoisotopic (exact) mass is 260 g/mol. The van der Waals surface area contributed by atoms with Crippen LogP contribution < -0.4 is 0 Å². The van der Waals surface area contributed by atoms with E-state index in [1.807, 2.05) is 32.0 Å². The second-order valence-corrected chi connectivity index (χ2v) is 5.07. The minimum absolute atomic E-state index is 0.257. The fourth-order valence-corrected chi connectivity index (χ4v) is 1.86. The molecule has 0 aromatic heterocycles. The molecule has 4 heteroatoms. The zero-order valence-corrected chi connectivity index (χ0v) is 11.6. The van der Waals surface area contributed by atoms with Crippen molar-refractivity contribution in [2.75, 3.05) is 6.54 Å². The summed E-state index contributed by atoms with van der Waals surface area (Å²) in [5.74, 6) is -1.18. The first-order valence-electron chi connectivity index (χ1n) is 6.40. The van der Waals surface area contributed by atoms with Crippen LogP contribution in [0.15, 0.2) is 24.3 Å². The summed E-state index contributed by atoms with van der Waals surface area (Å²) in [5, 5.41) is 17.9. The molecule has 1 unspecified atom stereocenters. The van der Waals surface area contributed by atoms with Gasteiger partial charge in [0.15, 0.2) is 0 Å². The lowest BCUT2D eigenvalue weighted by Gasteiger charge is -2.28. The zero-order valence-electron chi connectivity index (χ0n) is 11.6. The number of aliphatic carboxylic acids is 1. The van der Waals surface area contributed by atoms with Crippen molar-refractivity contribution < 1.29 is 9.90 Å². The van der Waals surface area contributed by atoms with E-state index in [0.717, 1.165) is 5.56 Å². The molecule has 102 valence electrons. The smallest absolute Gasteiger partial charge is 0.307 e. The average Bonchev–Trinajstić information content (AvgIpc) is 2.37. The molecule has 0 radical (unpaired) electrons. The Labute approximate surface area is 114 Å². The molecule has 0 spiro atoms. The van der Waals surface area contributed by atoms with Crippen molar-refractivity contribution >= 4 is 5.97 Å². The van der Waals surface area contributed by atoms with Crippen molar-refractivity contribution in [1.29, 1.82) is 5.26 Å². The first-order chi connectivity index (χ1) is 8.93. The Balaban J connectivity index is 2.78. The van der Waals surface area contributed by atoms with Crippen molar-refractivity contribution in [2.45, 2.75) is 33.4 Å². The molecule has 1 aromatic rings. The molecule has 0 aliphatic rings. The molecule has 0 fully saturated rings. The Hall–Kier alpha value is -1.86. The highest BCUT2D eigenvalue weighted by Crippen LogP contribution is 2.12. The first kappa shape index (κ1) is 15.2. The van der Waals surface area contributed by atoms with Gasteiger partial charge in [-0.05, 0) is 31.5 Å². The van der Waals surface area contributed by atoms with Gasteiger partial charge in [-0.3, -0.25) is 9.69 Å². The number of carbonyl (C=O) groups is 1. The number of hydrogen-bond acceptors (Lipinski definition) is 3. The molecule has 1 aromatic carbocycles. The third-order valence-corrected chi connectivity index (χ3v) is 3.10. The summed E-state index contributed by atoms with van der Waals surface area (Å²) in [5.41, 5.74) is 1.66. The highest BCUT2D eigenvalue weighted by Gasteiger charge is 2.18. The SMILES string of the molecule is CC(CN(Cc1cccc(C#N)c1)C(C)C)C(=O)O. The molecular weight excluding hydrogens is 240 g/mol. The molecule has 0 heterocycles. The largest absolute Gasteiger partial charge is 0.481 e. The molecule has 0 aliphatic carbocycles. The van der Waals surface area contributed by atoms with Gasteiger partial charge >= 0.3 is 5.97 Å². The number of carboxylic acid groups (broad SMARTS) is 1. The summed E-state index contributed by atoms with van der Waals surface area (Å²) in [7, 11) is 0. The van der Waals surface area contributed by atoms with Crippen molar-refractivity contribution in [3.63, 3.8) is 0 Å². The average molecular weight is 260 g/mol. The van der Waals surface area contributed by atoms with E-state index in [2.05, 4.69) is 11.0 Å². The third-order valence-electron chi connectivity index (χ3n) is 3.10. The maximum Gasteiger partial charge on any atom is 0.307 e. The van der Waals surface area contributed by atoms with Crippen LogP contribution in [0.25, 0.3) is 0 Å². The second kappa shape index (κ2) is 6.91. The van der Waals surface area contributed by atoms with E-state index in [-0.39, 0.29) is 6.04 Å². The lowest BCUT2D eigenvalue weighted by molar-refractivity contribution is -0.141. The quantitative estimate of drug-likeness (QED) is 0.853. The lowest BCUT2D eigenvalue weighted by Crippen LogP contribution is -2.36. The highest BCUT2D eigenvalue weighted by molar-refractivity contribution is 5.69. The summed E-state index contributed by atoms with van der Waals surface area (Å²) < 4.78 is 0. The molecule has 1 atom stereocenters. The van der Waals surface area contributed by atoms with E-state index in [0.29, 0.717) is 18.7 Å². The van der Waals surface area contributed by atoms with Crippen molar-refractivity contribution in [3.8, 4) is 6.07 Å². The van der Waals surface area contributed by atoms with E-state index in [9.17, 15) is 4.79 Å². The third kappa shape index (κ3) is 4.72. The molecule has 0 amide bonds. The molecular formula is C15H20N2O2. The summed E-state index contributed by atoms with van der Waals surface area (Å²) in [6.45, 7) is 6.96. The maximum absolute atomic E-state index is 10.9. The minimum Gasteiger partial charge on any atom is -0.481 e. The van der Waals surface area contributed by atoms with Crippen LogP contribution >= 0.6 is 0 Å². The van der Waals surface area contributed by atoms with Gasteiger partial charge in [0.2, 0.25) is 0 Å². The molecule has 0 saturated heterocycles. The van der Waals surface area contributed by atoms with Crippen LogP contribution in [0, 0.1) is 17.2 Å². The van der Waals surface area contributed by atoms with Gasteiger partial charge in [-0.15, -0.1) is 0 Å². The number of nitrogens with zero attached hydrogens (tertiary/aromatic N) is 2. The fraction of sp³-hybridized carbons (Fsp3) is 0.467. The Morgan fingerprint density at radius 2 is 2.11 bits per heavy atom. The molecule has 0 saturated carbocycles. The Morgan fingerprint density at radius 3 is 2.63 bits per heavy atom. The van der Waals surface area contributed by atoms with Crippen molar-refractivity contribution in [3.05, 3.63) is 35.4 Å². The Morgan fingerprint density at radius 1 is 1.42 bits per heavy atom. The molecule has 1 N–H and O–H groups in total. The molecule has 0 bridgehead atoms. The Bertz CT molecular complexity index is 477. The van der Waals surface area contributed by atoms with Crippen LogP contribution in [0.5, 0.6) is 0 Å². The number of carboxylic acids is 1. The standard InChI is InChI=1S/C15H20N2O2/c1-11(2)17(9-12(3)15(18)19)10-14-6-4-5-13(7-14)8-16/h4-7,11-12H,9-10H2,1-3H3,(H,18,19). The van der Waals surface area contributed by atoms with Gasteiger partial charge in [0, 0.05) is 19.1 Å². The van der Waals surface area contributed by atoms with E-state index < -0.39 is 11.9 Å². The fourth-order valence-electron chi connectivity index (χ4n) is 1.86. The minimum atomic E-state index is -0.781. The summed E-state index contributed by atoms with van der Waals surface area (Å²) in [6, 6.07) is 9.80. The number of hydrogen-bond donors (Lipinski definition) is 1. The first-order valence-corrected chi connectivity index (χ1v) is 6.40. The molecule has 0 aliphatic heterocycles. The highest BCUT2D eigenvalue weighted by atomic mass is 16.4. The van der Waals surface area contributed by atoms with Gasteiger partial charge in [0.1, 0.15) is 0 Å². The van der Waals surface area contributed by atoms with Gasteiger partial charge in [-0.1, -0.05) is 19.1 Å².